The van der Waals surface area contributed by atoms with Crippen molar-refractivity contribution in [1.82, 2.24) is 0 Å². The molecule has 2 aromatic carbocycles. The van der Waals surface area contributed by atoms with Gasteiger partial charge in [-0.2, -0.15) is 0 Å². The van der Waals surface area contributed by atoms with Crippen LogP contribution >= 0.6 is 15.9 Å². The second-order valence-electron chi connectivity index (χ2n) is 4.35. The molecule has 2 rings (SSSR count). The van der Waals surface area contributed by atoms with Gasteiger partial charge in [0.25, 0.3) is 0 Å². The molecule has 3 heteroatoms. The van der Waals surface area contributed by atoms with Gasteiger partial charge in [0.05, 0.1) is 10.6 Å². The molecule has 1 nitrogen and oxygen atoms in total. The lowest BCUT2D eigenvalue weighted by Gasteiger charge is -2.13. The van der Waals surface area contributed by atoms with Crippen molar-refractivity contribution in [2.75, 3.05) is 0 Å². The van der Waals surface area contributed by atoms with Crippen LogP contribution in [0.1, 0.15) is 22.8 Å². The van der Waals surface area contributed by atoms with Crippen LogP contribution in [0.15, 0.2) is 46.9 Å². The molecular weight excluding hydrogens is 295 g/mol. The van der Waals surface area contributed by atoms with Gasteiger partial charge in [-0.1, -0.05) is 42.0 Å². The molecule has 0 aliphatic carbocycles. The molecule has 0 saturated carbocycles. The molecule has 0 amide bonds. The fourth-order valence-corrected chi connectivity index (χ4v) is 2.48. The first kappa shape index (κ1) is 13.2. The molecule has 1 N–H and O–H groups in total. The van der Waals surface area contributed by atoms with Crippen molar-refractivity contribution in [1.29, 1.82) is 0 Å². The van der Waals surface area contributed by atoms with E-state index in [1.807, 2.05) is 31.2 Å². The zero-order valence-corrected chi connectivity index (χ0v) is 11.6. The first-order chi connectivity index (χ1) is 8.58. The van der Waals surface area contributed by atoms with Crippen molar-refractivity contribution >= 4 is 15.9 Å². The van der Waals surface area contributed by atoms with Crippen LogP contribution in [-0.2, 0) is 6.42 Å². The second-order valence-corrected chi connectivity index (χ2v) is 5.15. The largest absolute Gasteiger partial charge is 0.388 e. The van der Waals surface area contributed by atoms with Crippen LogP contribution in [0.5, 0.6) is 0 Å². The standard InChI is InChI=1S/C15H14BrFO/c1-10-4-2-5-11(8-10)9-14(18)12-6-3-7-13(17)15(12)16/h2-8,14,18H,9H2,1H3. The monoisotopic (exact) mass is 308 g/mol. The molecule has 1 unspecified atom stereocenters. The van der Waals surface area contributed by atoms with Gasteiger partial charge in [-0.3, -0.25) is 0 Å². The van der Waals surface area contributed by atoms with E-state index >= 15 is 0 Å². The van der Waals surface area contributed by atoms with Crippen LogP contribution in [0.2, 0.25) is 0 Å². The van der Waals surface area contributed by atoms with Crippen LogP contribution < -0.4 is 0 Å². The number of aliphatic hydroxyl groups is 1. The molecule has 0 saturated heterocycles. The Kier molecular flexibility index (Phi) is 4.15. The third-order valence-corrected chi connectivity index (χ3v) is 3.69. The van der Waals surface area contributed by atoms with E-state index in [0.29, 0.717) is 16.5 Å². The summed E-state index contributed by atoms with van der Waals surface area (Å²) in [4.78, 5) is 0. The predicted molar refractivity (Wildman–Crippen MR) is 73.9 cm³/mol. The van der Waals surface area contributed by atoms with Crippen LogP contribution in [0.25, 0.3) is 0 Å². The summed E-state index contributed by atoms with van der Waals surface area (Å²) < 4.78 is 13.7. The zero-order valence-electron chi connectivity index (χ0n) is 10.0. The van der Waals surface area contributed by atoms with Gasteiger partial charge >= 0.3 is 0 Å². The van der Waals surface area contributed by atoms with Crippen molar-refractivity contribution in [2.45, 2.75) is 19.4 Å². The van der Waals surface area contributed by atoms with E-state index < -0.39 is 6.10 Å². The first-order valence-corrected chi connectivity index (χ1v) is 6.55. The smallest absolute Gasteiger partial charge is 0.137 e. The Morgan fingerprint density at radius 1 is 1.22 bits per heavy atom. The summed E-state index contributed by atoms with van der Waals surface area (Å²) in [5.74, 6) is -0.351. The van der Waals surface area contributed by atoms with Crippen molar-refractivity contribution in [3.05, 3.63) is 69.4 Å². The molecule has 0 radical (unpaired) electrons. The maximum absolute atomic E-state index is 13.4. The Labute approximate surface area is 114 Å². The van der Waals surface area contributed by atoms with Crippen molar-refractivity contribution in [2.24, 2.45) is 0 Å². The van der Waals surface area contributed by atoms with Crippen LogP contribution in [0.3, 0.4) is 0 Å². The average molecular weight is 309 g/mol. The molecule has 0 aliphatic heterocycles. The van der Waals surface area contributed by atoms with E-state index in [0.717, 1.165) is 11.1 Å². The van der Waals surface area contributed by atoms with Gasteiger partial charge in [0.15, 0.2) is 0 Å². The van der Waals surface area contributed by atoms with Gasteiger partial charge in [0.1, 0.15) is 5.82 Å². The topological polar surface area (TPSA) is 20.2 Å². The number of benzene rings is 2. The number of aryl methyl sites for hydroxylation is 1. The predicted octanol–water partition coefficient (Wildman–Crippen LogP) is 4.17. The second kappa shape index (κ2) is 5.63. The summed E-state index contributed by atoms with van der Waals surface area (Å²) in [5, 5.41) is 10.2. The van der Waals surface area contributed by atoms with Crippen LogP contribution in [0, 0.1) is 12.7 Å². The molecule has 0 bridgehead atoms. The van der Waals surface area contributed by atoms with E-state index in [1.165, 1.54) is 6.07 Å². The van der Waals surface area contributed by atoms with Crippen molar-refractivity contribution in [3.8, 4) is 0 Å². The highest BCUT2D eigenvalue weighted by molar-refractivity contribution is 9.10. The van der Waals surface area contributed by atoms with E-state index in [9.17, 15) is 9.50 Å². The van der Waals surface area contributed by atoms with Crippen molar-refractivity contribution in [3.63, 3.8) is 0 Å². The quantitative estimate of drug-likeness (QED) is 0.902. The highest BCUT2D eigenvalue weighted by Gasteiger charge is 2.14. The zero-order chi connectivity index (χ0) is 13.1. The SMILES string of the molecule is Cc1cccc(CC(O)c2cccc(F)c2Br)c1. The van der Waals surface area contributed by atoms with E-state index in [2.05, 4.69) is 15.9 Å². The minimum absolute atomic E-state index is 0.338. The molecule has 2 aromatic rings. The maximum Gasteiger partial charge on any atom is 0.137 e. The molecule has 94 valence electrons. The lowest BCUT2D eigenvalue weighted by molar-refractivity contribution is 0.177. The molecule has 0 aliphatic rings. The Morgan fingerprint density at radius 2 is 1.94 bits per heavy atom. The molecule has 1 atom stereocenters. The number of rotatable bonds is 3. The van der Waals surface area contributed by atoms with Gasteiger partial charge < -0.3 is 5.11 Å². The minimum atomic E-state index is -0.711. The summed E-state index contributed by atoms with van der Waals surface area (Å²) in [6.45, 7) is 2.01. The average Bonchev–Trinajstić information content (AvgIpc) is 2.32. The lowest BCUT2D eigenvalue weighted by atomic mass is 10.0. The summed E-state index contributed by atoms with van der Waals surface area (Å²) >= 11 is 3.17. The summed E-state index contributed by atoms with van der Waals surface area (Å²) in [5.41, 5.74) is 2.77. The Balaban J connectivity index is 2.22. The Hall–Kier alpha value is -1.19. The first-order valence-electron chi connectivity index (χ1n) is 5.75. The molecule has 0 fully saturated rings. The highest BCUT2D eigenvalue weighted by Crippen LogP contribution is 2.28. The number of hydrogen-bond donors (Lipinski definition) is 1. The van der Waals surface area contributed by atoms with E-state index in [4.69, 9.17) is 0 Å². The number of aliphatic hydroxyl groups excluding tert-OH is 1. The minimum Gasteiger partial charge on any atom is -0.388 e. The molecule has 0 heterocycles. The van der Waals surface area contributed by atoms with Crippen LogP contribution in [-0.4, -0.2) is 5.11 Å². The van der Waals surface area contributed by atoms with Gasteiger partial charge in [-0.15, -0.1) is 0 Å². The molecule has 0 spiro atoms. The molecule has 18 heavy (non-hydrogen) atoms. The fraction of sp³-hybridized carbons (Fsp3) is 0.200. The number of hydrogen-bond acceptors (Lipinski definition) is 1. The lowest BCUT2D eigenvalue weighted by Crippen LogP contribution is -2.03. The van der Waals surface area contributed by atoms with Gasteiger partial charge in [-0.25, -0.2) is 4.39 Å². The highest BCUT2D eigenvalue weighted by atomic mass is 79.9. The van der Waals surface area contributed by atoms with Gasteiger partial charge in [-0.05, 0) is 40.0 Å². The summed E-state index contributed by atoms with van der Waals surface area (Å²) in [7, 11) is 0. The van der Waals surface area contributed by atoms with E-state index in [-0.39, 0.29) is 5.82 Å². The summed E-state index contributed by atoms with van der Waals surface area (Å²) in [6.07, 6.45) is -0.235. The fourth-order valence-electron chi connectivity index (χ4n) is 1.95. The van der Waals surface area contributed by atoms with E-state index in [1.54, 1.807) is 12.1 Å². The molecular formula is C15H14BrFO. The van der Waals surface area contributed by atoms with Gasteiger partial charge in [0.2, 0.25) is 0 Å². The normalized spacial score (nSPS) is 12.4. The van der Waals surface area contributed by atoms with Gasteiger partial charge in [0, 0.05) is 6.42 Å². The third kappa shape index (κ3) is 2.98. The number of halogens is 2. The molecule has 0 aromatic heterocycles. The van der Waals surface area contributed by atoms with Crippen LogP contribution in [0.4, 0.5) is 4.39 Å². The Morgan fingerprint density at radius 3 is 2.67 bits per heavy atom. The van der Waals surface area contributed by atoms with Crippen molar-refractivity contribution < 1.29 is 9.50 Å². The Bertz CT molecular complexity index is 554. The summed E-state index contributed by atoms with van der Waals surface area (Å²) in [6, 6.07) is 12.7. The third-order valence-electron chi connectivity index (χ3n) is 2.85. The maximum atomic E-state index is 13.4.